The zero-order valence-electron chi connectivity index (χ0n) is 17.0. The predicted molar refractivity (Wildman–Crippen MR) is 126 cm³/mol. The molecule has 4 rings (SSSR count). The van der Waals surface area contributed by atoms with Gasteiger partial charge < -0.3 is 10.6 Å². The molecule has 0 saturated heterocycles. The second-order valence-corrected chi connectivity index (χ2v) is 8.37. The third-order valence-corrected chi connectivity index (χ3v) is 5.88. The molecule has 0 aliphatic carbocycles. The molecule has 3 aromatic rings. The summed E-state index contributed by atoms with van der Waals surface area (Å²) in [6, 6.07) is 20.9. The largest absolute Gasteiger partial charge is 0.322 e. The van der Waals surface area contributed by atoms with Gasteiger partial charge in [0, 0.05) is 28.1 Å². The first-order chi connectivity index (χ1) is 14.5. The van der Waals surface area contributed by atoms with Crippen molar-refractivity contribution in [3.05, 3.63) is 94.5 Å². The van der Waals surface area contributed by atoms with Crippen molar-refractivity contribution < 1.29 is 9.59 Å². The quantitative estimate of drug-likeness (QED) is 0.425. The van der Waals surface area contributed by atoms with Crippen molar-refractivity contribution >= 4 is 43.4 Å². The predicted octanol–water partition coefficient (Wildman–Crippen LogP) is 5.55. The van der Waals surface area contributed by atoms with Gasteiger partial charge in [0.25, 0.3) is 11.8 Å². The minimum absolute atomic E-state index is 0.151. The Hall–Kier alpha value is -3.23. The summed E-state index contributed by atoms with van der Waals surface area (Å²) in [5.74, 6) is -0.356. The standard InChI is InChI=1S/C25H23N2O2P/c1-16-12-17(8-9-19(16)15-30-2)13-22-21-14-18(10-11-23(21)27-25(22)29)24(28)26-20-6-4-3-5-7-20/h3-14,30H,15H2,1-2H3,(H,26,28)(H,27,29)/b22-13+. The minimum atomic E-state index is -0.205. The smallest absolute Gasteiger partial charge is 0.256 e. The van der Waals surface area contributed by atoms with Crippen LogP contribution in [0, 0.1) is 6.92 Å². The number of carbonyl (C=O) groups is 2. The number of amides is 2. The molecule has 0 saturated carbocycles. The number of rotatable bonds is 5. The first-order valence-electron chi connectivity index (χ1n) is 9.83. The molecule has 5 heteroatoms. The second-order valence-electron chi connectivity index (χ2n) is 7.31. The van der Waals surface area contributed by atoms with E-state index in [1.807, 2.05) is 42.5 Å². The lowest BCUT2D eigenvalue weighted by Gasteiger charge is -2.08. The minimum Gasteiger partial charge on any atom is -0.322 e. The van der Waals surface area contributed by atoms with Gasteiger partial charge in [-0.25, -0.2) is 0 Å². The van der Waals surface area contributed by atoms with Gasteiger partial charge in [0.1, 0.15) is 0 Å². The molecule has 0 radical (unpaired) electrons. The number of hydrogen-bond acceptors (Lipinski definition) is 2. The van der Waals surface area contributed by atoms with Gasteiger partial charge in [0.15, 0.2) is 0 Å². The molecular formula is C25H23N2O2P. The molecule has 1 aliphatic heterocycles. The molecule has 2 N–H and O–H groups in total. The summed E-state index contributed by atoms with van der Waals surface area (Å²) in [6.07, 6.45) is 2.97. The van der Waals surface area contributed by atoms with Crippen LogP contribution in [0.25, 0.3) is 11.6 Å². The molecule has 1 unspecified atom stereocenters. The van der Waals surface area contributed by atoms with E-state index in [0.29, 0.717) is 11.1 Å². The lowest BCUT2D eigenvalue weighted by atomic mass is 9.99. The van der Waals surface area contributed by atoms with Crippen LogP contribution in [0.4, 0.5) is 11.4 Å². The first-order valence-corrected chi connectivity index (χ1v) is 11.5. The van der Waals surface area contributed by atoms with Crippen molar-refractivity contribution in [2.24, 2.45) is 0 Å². The SMILES string of the molecule is CPCc1ccc(/C=C2/C(=O)Nc3ccc(C(=O)Nc4ccccc4)cc32)cc1C. The zero-order chi connectivity index (χ0) is 21.1. The van der Waals surface area contributed by atoms with Crippen molar-refractivity contribution in [2.45, 2.75) is 13.1 Å². The maximum atomic E-state index is 12.7. The summed E-state index contributed by atoms with van der Waals surface area (Å²) in [6.45, 7) is 4.30. The van der Waals surface area contributed by atoms with Gasteiger partial charge in [-0.05, 0) is 72.8 Å². The number of nitrogens with one attached hydrogen (secondary N) is 2. The number of anilines is 2. The molecule has 1 heterocycles. The third kappa shape index (κ3) is 4.19. The van der Waals surface area contributed by atoms with E-state index in [4.69, 9.17) is 0 Å². The van der Waals surface area contributed by atoms with Crippen LogP contribution in [0.2, 0.25) is 0 Å². The molecule has 3 aromatic carbocycles. The Morgan fingerprint density at radius 2 is 1.87 bits per heavy atom. The number of para-hydroxylation sites is 1. The van der Waals surface area contributed by atoms with Crippen molar-refractivity contribution in [3.63, 3.8) is 0 Å². The molecule has 2 amide bonds. The second kappa shape index (κ2) is 8.64. The van der Waals surface area contributed by atoms with Crippen LogP contribution in [0.1, 0.15) is 32.6 Å². The number of hydrogen-bond donors (Lipinski definition) is 2. The Kier molecular flexibility index (Phi) is 5.78. The highest BCUT2D eigenvalue weighted by molar-refractivity contribution is 7.36. The van der Waals surface area contributed by atoms with Crippen molar-refractivity contribution in [3.8, 4) is 0 Å². The number of fused-ring (bicyclic) bond motifs is 1. The van der Waals surface area contributed by atoms with Gasteiger partial charge in [-0.3, -0.25) is 9.59 Å². The molecule has 4 nitrogen and oxygen atoms in total. The lowest BCUT2D eigenvalue weighted by molar-refractivity contribution is -0.110. The monoisotopic (exact) mass is 414 g/mol. The third-order valence-electron chi connectivity index (χ3n) is 5.14. The van der Waals surface area contributed by atoms with E-state index in [-0.39, 0.29) is 11.8 Å². The number of benzene rings is 3. The zero-order valence-corrected chi connectivity index (χ0v) is 18.0. The maximum absolute atomic E-state index is 12.7. The molecular weight excluding hydrogens is 391 g/mol. The van der Waals surface area contributed by atoms with Crippen molar-refractivity contribution in [1.82, 2.24) is 0 Å². The van der Waals surface area contributed by atoms with Gasteiger partial charge in [0.05, 0.1) is 0 Å². The van der Waals surface area contributed by atoms with Crippen molar-refractivity contribution in [2.75, 3.05) is 17.3 Å². The lowest BCUT2D eigenvalue weighted by Crippen LogP contribution is -2.11. The highest BCUT2D eigenvalue weighted by Gasteiger charge is 2.25. The molecule has 0 spiro atoms. The Labute approximate surface area is 178 Å². The molecule has 1 aliphatic rings. The summed E-state index contributed by atoms with van der Waals surface area (Å²) in [4.78, 5) is 25.3. The van der Waals surface area contributed by atoms with Gasteiger partial charge in [0.2, 0.25) is 0 Å². The van der Waals surface area contributed by atoms with E-state index in [0.717, 1.165) is 37.2 Å². The van der Waals surface area contributed by atoms with Crippen LogP contribution >= 0.6 is 8.58 Å². The molecule has 0 fully saturated rings. The van der Waals surface area contributed by atoms with Crippen LogP contribution in [-0.4, -0.2) is 18.5 Å². The van der Waals surface area contributed by atoms with E-state index in [1.165, 1.54) is 11.1 Å². The normalized spacial score (nSPS) is 14.2. The average Bonchev–Trinajstić information content (AvgIpc) is 3.05. The molecule has 30 heavy (non-hydrogen) atoms. The fourth-order valence-corrected chi connectivity index (χ4v) is 4.34. The summed E-state index contributed by atoms with van der Waals surface area (Å²) in [5, 5.41) is 5.78. The van der Waals surface area contributed by atoms with Crippen LogP contribution in [0.3, 0.4) is 0 Å². The summed E-state index contributed by atoms with van der Waals surface area (Å²) in [5.41, 5.74) is 6.84. The van der Waals surface area contributed by atoms with Crippen LogP contribution in [0.15, 0.2) is 66.7 Å². The Morgan fingerprint density at radius 1 is 1.07 bits per heavy atom. The topological polar surface area (TPSA) is 58.2 Å². The van der Waals surface area contributed by atoms with E-state index in [9.17, 15) is 9.59 Å². The van der Waals surface area contributed by atoms with E-state index >= 15 is 0 Å². The maximum Gasteiger partial charge on any atom is 0.256 e. The van der Waals surface area contributed by atoms with E-state index in [2.05, 4.69) is 36.4 Å². The number of carbonyl (C=O) groups excluding carboxylic acids is 2. The fourth-order valence-electron chi connectivity index (χ4n) is 3.56. The average molecular weight is 414 g/mol. The molecule has 1 atom stereocenters. The first kappa shape index (κ1) is 20.1. The summed E-state index contributed by atoms with van der Waals surface area (Å²) < 4.78 is 0. The van der Waals surface area contributed by atoms with Crippen molar-refractivity contribution in [1.29, 1.82) is 0 Å². The fraction of sp³-hybridized carbons (Fsp3) is 0.120. The molecule has 0 bridgehead atoms. The Balaban J connectivity index is 1.64. The van der Waals surface area contributed by atoms with Gasteiger partial charge in [-0.1, -0.05) is 36.4 Å². The highest BCUT2D eigenvalue weighted by Crippen LogP contribution is 2.34. The summed E-state index contributed by atoms with van der Waals surface area (Å²) in [7, 11) is 0.874. The van der Waals surface area contributed by atoms with E-state index in [1.54, 1.807) is 18.2 Å². The number of aryl methyl sites for hydroxylation is 1. The van der Waals surface area contributed by atoms with Gasteiger partial charge >= 0.3 is 0 Å². The van der Waals surface area contributed by atoms with Gasteiger partial charge in [-0.15, -0.1) is 8.58 Å². The van der Waals surface area contributed by atoms with Crippen LogP contribution in [0.5, 0.6) is 0 Å². The molecule has 0 aromatic heterocycles. The highest BCUT2D eigenvalue weighted by atomic mass is 31.1. The Bertz CT molecular complexity index is 1150. The van der Waals surface area contributed by atoms with Crippen LogP contribution in [-0.2, 0) is 11.0 Å². The summed E-state index contributed by atoms with van der Waals surface area (Å²) >= 11 is 0. The Morgan fingerprint density at radius 3 is 2.60 bits per heavy atom. The van der Waals surface area contributed by atoms with Gasteiger partial charge in [-0.2, -0.15) is 0 Å². The van der Waals surface area contributed by atoms with Crippen LogP contribution < -0.4 is 10.6 Å². The van der Waals surface area contributed by atoms with E-state index < -0.39 is 0 Å². The molecule has 150 valence electrons.